The fourth-order valence-corrected chi connectivity index (χ4v) is 1.58. The highest BCUT2D eigenvalue weighted by Gasteiger charge is 2.08. The third kappa shape index (κ3) is 2.10. The van der Waals surface area contributed by atoms with Crippen LogP contribution in [0.15, 0.2) is 30.5 Å². The summed E-state index contributed by atoms with van der Waals surface area (Å²) in [6, 6.07) is 7.45. The monoisotopic (exact) mass is 230 g/mol. The maximum Gasteiger partial charge on any atom is 0.151 e. The van der Waals surface area contributed by atoms with E-state index in [0.717, 1.165) is 11.5 Å². The molecule has 0 atom stereocenters. The molecule has 6 heteroatoms. The molecular weight excluding hydrogens is 216 g/mol. The summed E-state index contributed by atoms with van der Waals surface area (Å²) in [6.45, 7) is 0. The quantitative estimate of drug-likeness (QED) is 0.605. The lowest BCUT2D eigenvalue weighted by molar-refractivity contribution is 0.712. The molecule has 6 nitrogen and oxygen atoms in total. The summed E-state index contributed by atoms with van der Waals surface area (Å²) in [6.07, 6.45) is 1.69. The maximum absolute atomic E-state index is 7.33. The minimum Gasteiger partial charge on any atom is -0.384 e. The van der Waals surface area contributed by atoms with Crippen molar-refractivity contribution >= 4 is 17.3 Å². The average molecular weight is 230 g/mol. The number of aryl methyl sites for hydroxylation is 1. The van der Waals surface area contributed by atoms with Crippen molar-refractivity contribution in [3.05, 3.63) is 36.0 Å². The molecule has 2 rings (SSSR count). The Morgan fingerprint density at radius 1 is 1.35 bits per heavy atom. The summed E-state index contributed by atoms with van der Waals surface area (Å²) in [7, 11) is 3.77. The highest BCUT2D eigenvalue weighted by molar-refractivity contribution is 5.95. The molecule has 1 heterocycles. The molecule has 0 saturated carbocycles. The second-order valence-electron chi connectivity index (χ2n) is 3.74. The van der Waals surface area contributed by atoms with Crippen LogP contribution in [0.3, 0.4) is 0 Å². The first kappa shape index (κ1) is 11.1. The Hall–Kier alpha value is -2.37. The molecule has 0 unspecified atom stereocenters. The first-order valence-electron chi connectivity index (χ1n) is 5.12. The molecule has 0 spiro atoms. The summed E-state index contributed by atoms with van der Waals surface area (Å²) in [5, 5.41) is 15.0. The van der Waals surface area contributed by atoms with E-state index in [1.54, 1.807) is 10.9 Å². The number of amidine groups is 1. The summed E-state index contributed by atoms with van der Waals surface area (Å²) in [5.41, 5.74) is 7.10. The molecule has 0 aliphatic heterocycles. The number of nitrogens with two attached hydrogens (primary N) is 1. The number of hydrogen-bond acceptors (Lipinski definition) is 4. The van der Waals surface area contributed by atoms with Gasteiger partial charge in [-0.05, 0) is 24.3 Å². The number of aromatic nitrogens is 3. The summed E-state index contributed by atoms with van der Waals surface area (Å²) in [5.74, 6) is 0.960. The Bertz CT molecular complexity index is 527. The fourth-order valence-electron chi connectivity index (χ4n) is 1.58. The number of hydrogen-bond donors (Lipinski definition) is 2. The number of nitrogen functional groups attached to an aromatic ring is 1. The minimum absolute atomic E-state index is 0.0707. The normalized spacial score (nSPS) is 10.2. The minimum atomic E-state index is 0.0707. The van der Waals surface area contributed by atoms with E-state index in [4.69, 9.17) is 11.1 Å². The first-order chi connectivity index (χ1) is 8.09. The topological polar surface area (TPSA) is 83.8 Å². The van der Waals surface area contributed by atoms with E-state index in [9.17, 15) is 0 Å². The van der Waals surface area contributed by atoms with Gasteiger partial charge in [-0.1, -0.05) is 5.21 Å². The van der Waals surface area contributed by atoms with Crippen LogP contribution >= 0.6 is 0 Å². The molecular formula is C11H14N6. The van der Waals surface area contributed by atoms with Gasteiger partial charge in [0, 0.05) is 25.3 Å². The van der Waals surface area contributed by atoms with Gasteiger partial charge in [0.2, 0.25) is 0 Å². The molecule has 0 amide bonds. The largest absolute Gasteiger partial charge is 0.384 e. The third-order valence-corrected chi connectivity index (χ3v) is 2.60. The molecule has 2 aromatic rings. The van der Waals surface area contributed by atoms with Crippen LogP contribution in [0.5, 0.6) is 0 Å². The predicted molar refractivity (Wildman–Crippen MR) is 66.5 cm³/mol. The van der Waals surface area contributed by atoms with Gasteiger partial charge in [0.15, 0.2) is 5.82 Å². The second kappa shape index (κ2) is 4.25. The van der Waals surface area contributed by atoms with E-state index in [1.807, 2.05) is 43.3 Å². The Labute approximate surface area is 99.2 Å². The number of rotatable bonds is 3. The maximum atomic E-state index is 7.33. The van der Waals surface area contributed by atoms with E-state index in [0.29, 0.717) is 5.56 Å². The summed E-state index contributed by atoms with van der Waals surface area (Å²) >= 11 is 0. The van der Waals surface area contributed by atoms with E-state index in [-0.39, 0.29) is 5.84 Å². The van der Waals surface area contributed by atoms with Crippen molar-refractivity contribution < 1.29 is 0 Å². The van der Waals surface area contributed by atoms with Crippen LogP contribution in [0.1, 0.15) is 5.56 Å². The molecule has 1 aromatic carbocycles. The molecule has 88 valence electrons. The highest BCUT2D eigenvalue weighted by Crippen LogP contribution is 2.21. The van der Waals surface area contributed by atoms with Gasteiger partial charge in [0.1, 0.15) is 5.84 Å². The van der Waals surface area contributed by atoms with Crippen LogP contribution in [-0.4, -0.2) is 27.9 Å². The van der Waals surface area contributed by atoms with Gasteiger partial charge in [-0.2, -0.15) is 0 Å². The van der Waals surface area contributed by atoms with Crippen LogP contribution in [-0.2, 0) is 7.05 Å². The number of nitrogens with zero attached hydrogens (tertiary/aromatic N) is 4. The Morgan fingerprint density at radius 3 is 2.47 bits per heavy atom. The van der Waals surface area contributed by atoms with Gasteiger partial charge in [-0.3, -0.25) is 5.41 Å². The molecule has 0 fully saturated rings. The van der Waals surface area contributed by atoms with Gasteiger partial charge in [-0.15, -0.1) is 5.10 Å². The first-order valence-corrected chi connectivity index (χ1v) is 5.12. The van der Waals surface area contributed by atoms with E-state index < -0.39 is 0 Å². The van der Waals surface area contributed by atoms with E-state index in [2.05, 4.69) is 10.3 Å². The van der Waals surface area contributed by atoms with Crippen molar-refractivity contribution in [3.63, 3.8) is 0 Å². The van der Waals surface area contributed by atoms with Crippen LogP contribution in [0.25, 0.3) is 0 Å². The van der Waals surface area contributed by atoms with Crippen molar-refractivity contribution in [1.29, 1.82) is 5.41 Å². The smallest absolute Gasteiger partial charge is 0.151 e. The van der Waals surface area contributed by atoms with E-state index >= 15 is 0 Å². The van der Waals surface area contributed by atoms with Crippen molar-refractivity contribution in [1.82, 2.24) is 15.0 Å². The Kier molecular flexibility index (Phi) is 2.78. The van der Waals surface area contributed by atoms with Crippen LogP contribution in [0.2, 0.25) is 0 Å². The fraction of sp³-hybridized carbons (Fsp3) is 0.182. The number of nitrogens with one attached hydrogen (secondary N) is 1. The molecule has 0 aliphatic rings. The average Bonchev–Trinajstić information content (AvgIpc) is 2.74. The molecule has 1 aromatic heterocycles. The van der Waals surface area contributed by atoms with Crippen LogP contribution in [0.4, 0.5) is 11.5 Å². The lowest BCUT2D eigenvalue weighted by atomic mass is 10.2. The van der Waals surface area contributed by atoms with Crippen LogP contribution in [0, 0.1) is 5.41 Å². The van der Waals surface area contributed by atoms with Crippen molar-refractivity contribution in [2.24, 2.45) is 12.8 Å². The summed E-state index contributed by atoms with van der Waals surface area (Å²) in [4.78, 5) is 1.96. The lowest BCUT2D eigenvalue weighted by Crippen LogP contribution is -2.14. The molecule has 17 heavy (non-hydrogen) atoms. The number of benzene rings is 1. The van der Waals surface area contributed by atoms with Crippen molar-refractivity contribution in [2.75, 3.05) is 11.9 Å². The highest BCUT2D eigenvalue weighted by atomic mass is 15.5. The van der Waals surface area contributed by atoms with Gasteiger partial charge >= 0.3 is 0 Å². The zero-order valence-electron chi connectivity index (χ0n) is 9.75. The molecule has 0 saturated heterocycles. The SMILES string of the molecule is CN(c1ccc(C(=N)N)cc1)c1cnnn1C. The van der Waals surface area contributed by atoms with Gasteiger partial charge in [-0.25, -0.2) is 4.68 Å². The zero-order valence-corrected chi connectivity index (χ0v) is 9.75. The molecule has 3 N–H and O–H groups in total. The van der Waals surface area contributed by atoms with Gasteiger partial charge in [0.05, 0.1) is 6.20 Å². The standard InChI is InChI=1S/C11H14N6/c1-16(10-7-14-15-17(10)2)9-5-3-8(4-6-9)11(12)13/h3-7H,1-2H3,(H3,12,13). The zero-order chi connectivity index (χ0) is 12.4. The Balaban J connectivity index is 2.29. The van der Waals surface area contributed by atoms with Gasteiger partial charge in [0.25, 0.3) is 0 Å². The molecule has 0 bridgehead atoms. The van der Waals surface area contributed by atoms with E-state index in [1.165, 1.54) is 0 Å². The second-order valence-corrected chi connectivity index (χ2v) is 3.74. The van der Waals surface area contributed by atoms with Gasteiger partial charge < -0.3 is 10.6 Å². The van der Waals surface area contributed by atoms with Crippen molar-refractivity contribution in [3.8, 4) is 0 Å². The lowest BCUT2D eigenvalue weighted by Gasteiger charge is -2.18. The summed E-state index contributed by atoms with van der Waals surface area (Å²) < 4.78 is 1.69. The molecule has 0 radical (unpaired) electrons. The third-order valence-electron chi connectivity index (χ3n) is 2.60. The molecule has 0 aliphatic carbocycles. The van der Waals surface area contributed by atoms with Crippen LogP contribution < -0.4 is 10.6 Å². The van der Waals surface area contributed by atoms with Crippen molar-refractivity contribution in [2.45, 2.75) is 0 Å². The Morgan fingerprint density at radius 2 is 2.00 bits per heavy atom. The number of anilines is 2. The predicted octanol–water partition coefficient (Wildman–Crippen LogP) is 0.867.